The monoisotopic (exact) mass is 316 g/mol. The highest BCUT2D eigenvalue weighted by molar-refractivity contribution is 9.11. The molecule has 0 saturated heterocycles. The Labute approximate surface area is 114 Å². The van der Waals surface area contributed by atoms with Crippen LogP contribution in [0.25, 0.3) is 0 Å². The third-order valence-electron chi connectivity index (χ3n) is 3.41. The molecule has 3 N–H and O–H groups in total. The van der Waals surface area contributed by atoms with Crippen molar-refractivity contribution >= 4 is 33.2 Å². The summed E-state index contributed by atoms with van der Waals surface area (Å²) in [4.78, 5) is 12.9. The van der Waals surface area contributed by atoms with E-state index in [1.807, 2.05) is 13.0 Å². The van der Waals surface area contributed by atoms with Crippen LogP contribution in [-0.2, 0) is 0 Å². The average Bonchev–Trinajstić information content (AvgIpc) is 2.88. The van der Waals surface area contributed by atoms with Crippen molar-refractivity contribution in [3.63, 3.8) is 0 Å². The molecule has 2 rings (SSSR count). The highest BCUT2D eigenvalue weighted by Gasteiger charge is 2.34. The van der Waals surface area contributed by atoms with Crippen molar-refractivity contribution in [2.75, 3.05) is 6.54 Å². The van der Waals surface area contributed by atoms with Gasteiger partial charge < -0.3 is 11.1 Å². The second-order valence-corrected chi connectivity index (χ2v) is 7.08. The zero-order chi connectivity index (χ0) is 12.5. The number of hydrogen-bond acceptors (Lipinski definition) is 3. The van der Waals surface area contributed by atoms with Crippen molar-refractivity contribution in [3.05, 3.63) is 20.3 Å². The number of carbonyl (C=O) groups is 1. The van der Waals surface area contributed by atoms with E-state index in [9.17, 15) is 4.79 Å². The van der Waals surface area contributed by atoms with E-state index < -0.39 is 0 Å². The molecule has 0 bridgehead atoms. The Morgan fingerprint density at radius 1 is 1.59 bits per heavy atom. The van der Waals surface area contributed by atoms with Crippen molar-refractivity contribution in [3.8, 4) is 0 Å². The first-order chi connectivity index (χ1) is 8.06. The first kappa shape index (κ1) is 13.1. The first-order valence-electron chi connectivity index (χ1n) is 5.85. The average molecular weight is 317 g/mol. The van der Waals surface area contributed by atoms with E-state index in [1.165, 1.54) is 11.3 Å². The fraction of sp³-hybridized carbons (Fsp3) is 0.583. The van der Waals surface area contributed by atoms with Gasteiger partial charge in [0.2, 0.25) is 0 Å². The SMILES string of the molecule is Cc1cc(C(=O)NC2(CN)CCCC2)sc1Br. The van der Waals surface area contributed by atoms with E-state index in [0.717, 1.165) is 39.9 Å². The maximum atomic E-state index is 12.2. The van der Waals surface area contributed by atoms with Crippen molar-refractivity contribution in [1.82, 2.24) is 5.32 Å². The Hall–Kier alpha value is -0.390. The minimum Gasteiger partial charge on any atom is -0.345 e. The highest BCUT2D eigenvalue weighted by atomic mass is 79.9. The molecule has 0 spiro atoms. The van der Waals surface area contributed by atoms with Gasteiger partial charge in [0, 0.05) is 6.54 Å². The predicted octanol–water partition coefficient (Wildman–Crippen LogP) is 2.82. The molecule has 0 radical (unpaired) electrons. The van der Waals surface area contributed by atoms with Gasteiger partial charge >= 0.3 is 0 Å². The Morgan fingerprint density at radius 3 is 2.71 bits per heavy atom. The fourth-order valence-corrected chi connectivity index (χ4v) is 3.74. The summed E-state index contributed by atoms with van der Waals surface area (Å²) in [6, 6.07) is 1.92. The molecule has 1 fully saturated rings. The number of aryl methyl sites for hydroxylation is 1. The summed E-state index contributed by atoms with van der Waals surface area (Å²) in [5, 5.41) is 3.12. The maximum Gasteiger partial charge on any atom is 0.261 e. The Balaban J connectivity index is 2.10. The Kier molecular flexibility index (Phi) is 3.90. The van der Waals surface area contributed by atoms with E-state index in [-0.39, 0.29) is 11.4 Å². The molecule has 0 aliphatic heterocycles. The van der Waals surface area contributed by atoms with E-state index in [1.54, 1.807) is 0 Å². The number of nitrogens with one attached hydrogen (secondary N) is 1. The number of halogens is 1. The Morgan fingerprint density at radius 2 is 2.24 bits per heavy atom. The van der Waals surface area contributed by atoms with Crippen molar-refractivity contribution in [1.29, 1.82) is 0 Å². The lowest BCUT2D eigenvalue weighted by molar-refractivity contribution is 0.0907. The molecular weight excluding hydrogens is 300 g/mol. The molecule has 1 aliphatic carbocycles. The largest absolute Gasteiger partial charge is 0.345 e. The van der Waals surface area contributed by atoms with E-state index in [2.05, 4.69) is 21.2 Å². The maximum absolute atomic E-state index is 12.2. The van der Waals surface area contributed by atoms with Gasteiger partial charge in [-0.05, 0) is 47.3 Å². The quantitative estimate of drug-likeness (QED) is 0.901. The molecule has 5 heteroatoms. The summed E-state index contributed by atoms with van der Waals surface area (Å²) in [5.41, 5.74) is 6.75. The van der Waals surface area contributed by atoms with Gasteiger partial charge in [-0.25, -0.2) is 0 Å². The van der Waals surface area contributed by atoms with Crippen molar-refractivity contribution < 1.29 is 4.79 Å². The molecule has 1 amide bonds. The van der Waals surface area contributed by atoms with Crippen LogP contribution >= 0.6 is 27.3 Å². The van der Waals surface area contributed by atoms with Gasteiger partial charge in [-0.15, -0.1) is 11.3 Å². The molecule has 0 atom stereocenters. The molecule has 1 aliphatic rings. The van der Waals surface area contributed by atoms with Gasteiger partial charge in [0.15, 0.2) is 0 Å². The van der Waals surface area contributed by atoms with Crippen LogP contribution in [0.3, 0.4) is 0 Å². The van der Waals surface area contributed by atoms with Crippen LogP contribution in [0.4, 0.5) is 0 Å². The predicted molar refractivity (Wildman–Crippen MR) is 74.5 cm³/mol. The second-order valence-electron chi connectivity index (χ2n) is 4.71. The summed E-state index contributed by atoms with van der Waals surface area (Å²) in [6.45, 7) is 2.52. The van der Waals surface area contributed by atoms with Crippen LogP contribution < -0.4 is 11.1 Å². The minimum absolute atomic E-state index is 0.0103. The zero-order valence-corrected chi connectivity index (χ0v) is 12.3. The molecule has 1 heterocycles. The van der Waals surface area contributed by atoms with Gasteiger partial charge in [-0.2, -0.15) is 0 Å². The van der Waals surface area contributed by atoms with Crippen LogP contribution in [-0.4, -0.2) is 18.0 Å². The summed E-state index contributed by atoms with van der Waals surface area (Å²) >= 11 is 4.92. The lowest BCUT2D eigenvalue weighted by Crippen LogP contribution is -2.51. The van der Waals surface area contributed by atoms with E-state index in [0.29, 0.717) is 6.54 Å². The molecule has 94 valence electrons. The standard InChI is InChI=1S/C12H17BrN2OS/c1-8-6-9(17-10(8)13)11(16)15-12(7-14)4-2-3-5-12/h6H,2-5,7,14H2,1H3,(H,15,16). The van der Waals surface area contributed by atoms with Gasteiger partial charge in [0.25, 0.3) is 5.91 Å². The molecule has 1 aromatic rings. The topological polar surface area (TPSA) is 55.1 Å². The molecule has 1 aromatic heterocycles. The first-order valence-corrected chi connectivity index (χ1v) is 7.46. The minimum atomic E-state index is -0.165. The molecule has 0 aromatic carbocycles. The summed E-state index contributed by atoms with van der Waals surface area (Å²) in [6.07, 6.45) is 4.32. The summed E-state index contributed by atoms with van der Waals surface area (Å²) in [5.74, 6) is 0.0103. The molecule has 17 heavy (non-hydrogen) atoms. The lowest BCUT2D eigenvalue weighted by Gasteiger charge is -2.28. The number of nitrogens with two attached hydrogens (primary N) is 1. The van der Waals surface area contributed by atoms with E-state index in [4.69, 9.17) is 5.73 Å². The lowest BCUT2D eigenvalue weighted by atomic mass is 9.98. The van der Waals surface area contributed by atoms with Crippen LogP contribution in [0.5, 0.6) is 0 Å². The number of rotatable bonds is 3. The molecular formula is C12H17BrN2OS. The number of thiophene rings is 1. The molecule has 0 unspecified atom stereocenters. The number of carbonyl (C=O) groups excluding carboxylic acids is 1. The van der Waals surface area contributed by atoms with Crippen molar-refractivity contribution in [2.24, 2.45) is 5.73 Å². The van der Waals surface area contributed by atoms with Gasteiger partial charge in [0.1, 0.15) is 0 Å². The normalized spacial score (nSPS) is 18.3. The third-order valence-corrected chi connectivity index (χ3v) is 5.55. The highest BCUT2D eigenvalue weighted by Crippen LogP contribution is 2.31. The number of hydrogen-bond donors (Lipinski definition) is 2. The van der Waals surface area contributed by atoms with Crippen molar-refractivity contribution in [2.45, 2.75) is 38.1 Å². The third kappa shape index (κ3) is 2.72. The van der Waals surface area contributed by atoms with Gasteiger partial charge in [0.05, 0.1) is 14.2 Å². The zero-order valence-electron chi connectivity index (χ0n) is 9.88. The van der Waals surface area contributed by atoms with Crippen LogP contribution in [0, 0.1) is 6.92 Å². The number of amides is 1. The van der Waals surface area contributed by atoms with Gasteiger partial charge in [-0.1, -0.05) is 12.8 Å². The van der Waals surface area contributed by atoms with Crippen LogP contribution in [0.15, 0.2) is 9.85 Å². The van der Waals surface area contributed by atoms with Gasteiger partial charge in [-0.3, -0.25) is 4.79 Å². The second kappa shape index (κ2) is 5.08. The molecule has 3 nitrogen and oxygen atoms in total. The smallest absolute Gasteiger partial charge is 0.261 e. The summed E-state index contributed by atoms with van der Waals surface area (Å²) in [7, 11) is 0. The molecule has 1 saturated carbocycles. The fourth-order valence-electron chi connectivity index (χ4n) is 2.31. The van der Waals surface area contributed by atoms with Crippen LogP contribution in [0.2, 0.25) is 0 Å². The van der Waals surface area contributed by atoms with Crippen LogP contribution in [0.1, 0.15) is 40.9 Å². The Bertz CT molecular complexity index is 405. The van der Waals surface area contributed by atoms with E-state index >= 15 is 0 Å². The summed E-state index contributed by atoms with van der Waals surface area (Å²) < 4.78 is 1.02.